The van der Waals surface area contributed by atoms with Crippen LogP contribution in [0.1, 0.15) is 50.9 Å². The summed E-state index contributed by atoms with van der Waals surface area (Å²) in [6, 6.07) is 10.7. The maximum atomic E-state index is 12.6. The van der Waals surface area contributed by atoms with Crippen molar-refractivity contribution < 1.29 is 4.79 Å². The maximum absolute atomic E-state index is 12.6. The van der Waals surface area contributed by atoms with Crippen LogP contribution in [0.25, 0.3) is 5.69 Å². The molecule has 2 aromatic rings. The largest absolute Gasteiger partial charge is 0.323 e. The summed E-state index contributed by atoms with van der Waals surface area (Å²) in [7, 11) is 0. The molecule has 5 nitrogen and oxygen atoms in total. The minimum Gasteiger partial charge on any atom is -0.323 e. The van der Waals surface area contributed by atoms with Gasteiger partial charge in [-0.2, -0.15) is 5.10 Å². The lowest BCUT2D eigenvalue weighted by Gasteiger charge is -2.22. The van der Waals surface area contributed by atoms with Gasteiger partial charge in [0.25, 0.3) is 0 Å². The van der Waals surface area contributed by atoms with Gasteiger partial charge in [-0.05, 0) is 57.7 Å². The first-order chi connectivity index (χ1) is 13.0. The number of carbonyl (C=O) groups excluding carboxylic acids is 1. The van der Waals surface area contributed by atoms with Crippen LogP contribution >= 0.6 is 0 Å². The Kier molecular flexibility index (Phi) is 6.32. The number of nitrogens with zero attached hydrogens (tertiary/aromatic N) is 3. The van der Waals surface area contributed by atoms with Gasteiger partial charge in [-0.1, -0.05) is 32.0 Å². The standard InChI is InChI=1S/C22H32N4O/c1-16(2)12-14-25(19-10-11-19)15-13-21(27)23-22-17(3)24-26(18(22)4)20-8-6-5-7-9-20/h5-9,16,19H,10-15H2,1-4H3,(H,23,27). The number of para-hydroxylation sites is 1. The summed E-state index contributed by atoms with van der Waals surface area (Å²) in [6.07, 6.45) is 4.29. The molecule has 5 heteroatoms. The number of nitrogens with one attached hydrogen (secondary N) is 1. The summed E-state index contributed by atoms with van der Waals surface area (Å²) in [5.41, 5.74) is 3.66. The molecule has 1 fully saturated rings. The highest BCUT2D eigenvalue weighted by molar-refractivity contribution is 5.92. The SMILES string of the molecule is Cc1nn(-c2ccccc2)c(C)c1NC(=O)CCN(CCC(C)C)C1CC1. The lowest BCUT2D eigenvalue weighted by molar-refractivity contribution is -0.116. The van der Waals surface area contributed by atoms with Gasteiger partial charge in [-0.25, -0.2) is 4.68 Å². The van der Waals surface area contributed by atoms with Crippen LogP contribution in [0.5, 0.6) is 0 Å². The Balaban J connectivity index is 1.60. The summed E-state index contributed by atoms with van der Waals surface area (Å²) in [5, 5.41) is 7.71. The predicted octanol–water partition coefficient (Wildman–Crippen LogP) is 4.33. The third kappa shape index (κ3) is 5.19. The topological polar surface area (TPSA) is 50.2 Å². The predicted molar refractivity (Wildman–Crippen MR) is 110 cm³/mol. The molecule has 27 heavy (non-hydrogen) atoms. The van der Waals surface area contributed by atoms with Crippen molar-refractivity contribution in [2.24, 2.45) is 5.92 Å². The maximum Gasteiger partial charge on any atom is 0.225 e. The van der Waals surface area contributed by atoms with Crippen LogP contribution in [-0.2, 0) is 4.79 Å². The summed E-state index contributed by atoms with van der Waals surface area (Å²) in [4.78, 5) is 15.1. The van der Waals surface area contributed by atoms with E-state index in [1.807, 2.05) is 48.9 Å². The van der Waals surface area contributed by atoms with Crippen LogP contribution in [0, 0.1) is 19.8 Å². The third-order valence-corrected chi connectivity index (χ3v) is 5.24. The van der Waals surface area contributed by atoms with Crippen molar-refractivity contribution in [2.75, 3.05) is 18.4 Å². The third-order valence-electron chi connectivity index (χ3n) is 5.24. The van der Waals surface area contributed by atoms with Gasteiger partial charge in [0.1, 0.15) is 0 Å². The molecular formula is C22H32N4O. The number of carbonyl (C=O) groups is 1. The summed E-state index contributed by atoms with van der Waals surface area (Å²) in [6.45, 7) is 10.4. The molecule has 1 saturated carbocycles. The zero-order chi connectivity index (χ0) is 19.4. The molecule has 0 saturated heterocycles. The van der Waals surface area contributed by atoms with Crippen LogP contribution in [-0.4, -0.2) is 39.7 Å². The Labute approximate surface area is 162 Å². The molecule has 1 aromatic carbocycles. The van der Waals surface area contributed by atoms with Gasteiger partial charge in [-0.15, -0.1) is 0 Å². The van der Waals surface area contributed by atoms with Gasteiger partial charge in [0.05, 0.1) is 22.8 Å². The minimum absolute atomic E-state index is 0.0732. The number of benzene rings is 1. The lowest BCUT2D eigenvalue weighted by Crippen LogP contribution is -2.31. The number of amides is 1. The summed E-state index contributed by atoms with van der Waals surface area (Å²) >= 11 is 0. The first-order valence-electron chi connectivity index (χ1n) is 10.1. The van der Waals surface area contributed by atoms with Crippen LogP contribution < -0.4 is 5.32 Å². The zero-order valence-corrected chi connectivity index (χ0v) is 17.0. The quantitative estimate of drug-likeness (QED) is 0.717. The lowest BCUT2D eigenvalue weighted by atomic mass is 10.1. The molecule has 1 aliphatic carbocycles. The highest BCUT2D eigenvalue weighted by Gasteiger charge is 2.29. The van der Waals surface area contributed by atoms with Gasteiger partial charge in [0.2, 0.25) is 5.91 Å². The van der Waals surface area contributed by atoms with Crippen LogP contribution in [0.3, 0.4) is 0 Å². The number of hydrogen-bond acceptors (Lipinski definition) is 3. The Morgan fingerprint density at radius 1 is 1.22 bits per heavy atom. The van der Waals surface area contributed by atoms with E-state index >= 15 is 0 Å². The van der Waals surface area contributed by atoms with Crippen molar-refractivity contribution in [1.82, 2.24) is 14.7 Å². The van der Waals surface area contributed by atoms with E-state index in [1.165, 1.54) is 19.3 Å². The minimum atomic E-state index is 0.0732. The molecule has 1 N–H and O–H groups in total. The van der Waals surface area contributed by atoms with Gasteiger partial charge in [-0.3, -0.25) is 9.69 Å². The van der Waals surface area contributed by atoms with E-state index in [9.17, 15) is 4.79 Å². The van der Waals surface area contributed by atoms with E-state index in [0.29, 0.717) is 18.4 Å². The average molecular weight is 369 g/mol. The van der Waals surface area contributed by atoms with Crippen molar-refractivity contribution in [2.45, 2.75) is 59.4 Å². The van der Waals surface area contributed by atoms with Crippen molar-refractivity contribution >= 4 is 11.6 Å². The highest BCUT2D eigenvalue weighted by atomic mass is 16.1. The Morgan fingerprint density at radius 3 is 2.56 bits per heavy atom. The fraction of sp³-hybridized carbons (Fsp3) is 0.545. The number of anilines is 1. The van der Waals surface area contributed by atoms with Crippen molar-refractivity contribution in [3.63, 3.8) is 0 Å². The smallest absolute Gasteiger partial charge is 0.225 e. The van der Waals surface area contributed by atoms with E-state index in [-0.39, 0.29) is 5.91 Å². The monoisotopic (exact) mass is 368 g/mol. The molecule has 1 aliphatic rings. The fourth-order valence-corrected chi connectivity index (χ4v) is 3.43. The van der Waals surface area contributed by atoms with Gasteiger partial charge < -0.3 is 5.32 Å². The molecular weight excluding hydrogens is 336 g/mol. The van der Waals surface area contributed by atoms with Crippen molar-refractivity contribution in [3.05, 3.63) is 41.7 Å². The van der Waals surface area contributed by atoms with Gasteiger partial charge in [0.15, 0.2) is 0 Å². The Bertz CT molecular complexity index is 762. The normalized spacial score (nSPS) is 14.1. The van der Waals surface area contributed by atoms with E-state index in [2.05, 4.69) is 29.2 Å². The number of aromatic nitrogens is 2. The molecule has 0 aliphatic heterocycles. The molecule has 0 unspecified atom stereocenters. The molecule has 1 heterocycles. The zero-order valence-electron chi connectivity index (χ0n) is 17.0. The molecule has 0 radical (unpaired) electrons. The Hall–Kier alpha value is -2.14. The van der Waals surface area contributed by atoms with Crippen LogP contribution in [0.4, 0.5) is 5.69 Å². The van der Waals surface area contributed by atoms with Crippen LogP contribution in [0.2, 0.25) is 0 Å². The fourth-order valence-electron chi connectivity index (χ4n) is 3.43. The molecule has 146 valence electrons. The average Bonchev–Trinajstić information content (AvgIpc) is 3.45. The summed E-state index contributed by atoms with van der Waals surface area (Å²) in [5.74, 6) is 0.776. The molecule has 0 atom stereocenters. The van der Waals surface area contributed by atoms with E-state index in [0.717, 1.165) is 35.9 Å². The second-order valence-electron chi connectivity index (χ2n) is 8.04. The van der Waals surface area contributed by atoms with E-state index in [4.69, 9.17) is 0 Å². The van der Waals surface area contributed by atoms with Crippen molar-refractivity contribution in [1.29, 1.82) is 0 Å². The molecule has 0 spiro atoms. The number of rotatable bonds is 9. The molecule has 0 bridgehead atoms. The molecule has 3 rings (SSSR count). The van der Waals surface area contributed by atoms with Crippen LogP contribution in [0.15, 0.2) is 30.3 Å². The number of aryl methyl sites for hydroxylation is 1. The van der Waals surface area contributed by atoms with Gasteiger partial charge >= 0.3 is 0 Å². The highest BCUT2D eigenvalue weighted by Crippen LogP contribution is 2.28. The van der Waals surface area contributed by atoms with Crippen molar-refractivity contribution in [3.8, 4) is 5.69 Å². The molecule has 1 amide bonds. The summed E-state index contributed by atoms with van der Waals surface area (Å²) < 4.78 is 1.89. The Morgan fingerprint density at radius 2 is 1.93 bits per heavy atom. The van der Waals surface area contributed by atoms with E-state index in [1.54, 1.807) is 0 Å². The van der Waals surface area contributed by atoms with E-state index < -0.39 is 0 Å². The second-order valence-corrected chi connectivity index (χ2v) is 8.04. The first-order valence-corrected chi connectivity index (χ1v) is 10.1. The molecule has 1 aromatic heterocycles. The number of hydrogen-bond donors (Lipinski definition) is 1. The second kappa shape index (κ2) is 8.70. The van der Waals surface area contributed by atoms with Gasteiger partial charge in [0, 0.05) is 19.0 Å². The first kappa shape index (κ1) is 19.6.